The molecule has 0 aliphatic rings. The van der Waals surface area contributed by atoms with Gasteiger partial charge >= 0.3 is 5.97 Å². The summed E-state index contributed by atoms with van der Waals surface area (Å²) in [5.41, 5.74) is 4.77. The number of hydrogen-bond acceptors (Lipinski definition) is 6. The summed E-state index contributed by atoms with van der Waals surface area (Å²) in [6.45, 7) is 3.54. The van der Waals surface area contributed by atoms with Gasteiger partial charge in [0.15, 0.2) is 0 Å². The van der Waals surface area contributed by atoms with Crippen LogP contribution in [0.3, 0.4) is 0 Å². The van der Waals surface area contributed by atoms with Gasteiger partial charge < -0.3 is 15.7 Å². The number of primary amides is 1. The fourth-order valence-corrected chi connectivity index (χ4v) is 2.93. The van der Waals surface area contributed by atoms with Crippen LogP contribution in [-0.2, 0) is 9.59 Å². The van der Waals surface area contributed by atoms with Crippen molar-refractivity contribution in [1.29, 1.82) is 0 Å². The van der Waals surface area contributed by atoms with E-state index < -0.39 is 29.3 Å². The Morgan fingerprint density at radius 2 is 2.00 bits per heavy atom. The highest BCUT2D eigenvalue weighted by Gasteiger charge is 2.21. The zero-order valence-corrected chi connectivity index (χ0v) is 14.6. The molecular formula is C15H19N3O6S. The van der Waals surface area contributed by atoms with Crippen LogP contribution in [0.5, 0.6) is 0 Å². The highest BCUT2D eigenvalue weighted by atomic mass is 32.2. The van der Waals surface area contributed by atoms with Crippen molar-refractivity contribution in [2.24, 2.45) is 11.7 Å². The van der Waals surface area contributed by atoms with E-state index in [0.29, 0.717) is 0 Å². The molecule has 9 nitrogen and oxygen atoms in total. The van der Waals surface area contributed by atoms with E-state index in [-0.39, 0.29) is 34.4 Å². The Morgan fingerprint density at radius 1 is 1.36 bits per heavy atom. The number of carboxylic acids is 1. The molecule has 1 aromatic carbocycles. The number of carbonyl (C=O) groups is 3. The predicted octanol–water partition coefficient (Wildman–Crippen LogP) is 1.35. The third-order valence-electron chi connectivity index (χ3n) is 3.06. The average molecular weight is 369 g/mol. The second-order valence-electron chi connectivity index (χ2n) is 5.65. The molecule has 10 heteroatoms. The molecule has 0 saturated carbocycles. The summed E-state index contributed by atoms with van der Waals surface area (Å²) in [6, 6.07) is 3.74. The molecule has 0 aromatic heterocycles. The van der Waals surface area contributed by atoms with Crippen LogP contribution in [0.2, 0.25) is 0 Å². The molecule has 0 aliphatic heterocycles. The molecule has 0 unspecified atom stereocenters. The number of hydrogen-bond donors (Lipinski definition) is 2. The van der Waals surface area contributed by atoms with Gasteiger partial charge in [0, 0.05) is 18.2 Å². The van der Waals surface area contributed by atoms with Crippen molar-refractivity contribution in [3.8, 4) is 0 Å². The summed E-state index contributed by atoms with van der Waals surface area (Å²) in [4.78, 5) is 46.1. The molecule has 2 amide bonds. The van der Waals surface area contributed by atoms with E-state index in [1.165, 1.54) is 17.0 Å². The number of nitro groups is 1. The van der Waals surface area contributed by atoms with E-state index in [9.17, 15) is 24.5 Å². The van der Waals surface area contributed by atoms with Gasteiger partial charge in [0.2, 0.25) is 11.8 Å². The van der Waals surface area contributed by atoms with Crippen LogP contribution in [0.1, 0.15) is 24.2 Å². The van der Waals surface area contributed by atoms with Gasteiger partial charge in [-0.1, -0.05) is 13.8 Å². The van der Waals surface area contributed by atoms with Crippen LogP contribution in [0.4, 0.5) is 5.69 Å². The molecule has 0 spiro atoms. The molecule has 3 N–H and O–H groups in total. The van der Waals surface area contributed by atoms with Crippen molar-refractivity contribution in [1.82, 2.24) is 4.90 Å². The van der Waals surface area contributed by atoms with E-state index in [1.54, 1.807) is 0 Å². The third-order valence-corrected chi connectivity index (χ3v) is 4.10. The zero-order valence-electron chi connectivity index (χ0n) is 13.8. The van der Waals surface area contributed by atoms with Crippen molar-refractivity contribution >= 4 is 35.2 Å². The standard InChI is InChI=1S/C15H19N3O6S/c1-9(2)6-17(7-14(20)21)13(19)8-25-12-4-3-10(15(16)22)5-11(12)18(23)24/h3-5,9H,6-8H2,1-2H3,(H2,16,22)(H,20,21). The summed E-state index contributed by atoms with van der Waals surface area (Å²) in [5, 5.41) is 20.0. The first-order valence-electron chi connectivity index (χ1n) is 7.32. The Kier molecular flexibility index (Phi) is 7.37. The van der Waals surface area contributed by atoms with Gasteiger partial charge in [-0.2, -0.15) is 0 Å². The lowest BCUT2D eigenvalue weighted by molar-refractivity contribution is -0.387. The van der Waals surface area contributed by atoms with Gasteiger partial charge in [0.25, 0.3) is 5.69 Å². The average Bonchev–Trinajstić information content (AvgIpc) is 2.50. The van der Waals surface area contributed by atoms with E-state index in [0.717, 1.165) is 17.8 Å². The molecule has 0 atom stereocenters. The van der Waals surface area contributed by atoms with Crippen molar-refractivity contribution < 1.29 is 24.4 Å². The largest absolute Gasteiger partial charge is 0.480 e. The van der Waals surface area contributed by atoms with Gasteiger partial charge in [-0.25, -0.2) is 0 Å². The van der Waals surface area contributed by atoms with Gasteiger partial charge in [0.1, 0.15) is 6.54 Å². The smallest absolute Gasteiger partial charge is 0.323 e. The lowest BCUT2D eigenvalue weighted by Crippen LogP contribution is -2.39. The minimum atomic E-state index is -1.13. The van der Waals surface area contributed by atoms with Gasteiger partial charge in [-0.05, 0) is 18.1 Å². The maximum absolute atomic E-state index is 12.2. The van der Waals surface area contributed by atoms with Crippen LogP contribution in [-0.4, -0.2) is 51.6 Å². The van der Waals surface area contributed by atoms with E-state index >= 15 is 0 Å². The number of aliphatic carboxylic acids is 1. The third kappa shape index (κ3) is 6.42. The number of nitrogens with two attached hydrogens (primary N) is 1. The van der Waals surface area contributed by atoms with Crippen LogP contribution >= 0.6 is 11.8 Å². The second kappa shape index (κ2) is 9.02. The quantitative estimate of drug-likeness (QED) is 0.380. The first-order valence-corrected chi connectivity index (χ1v) is 8.31. The topological polar surface area (TPSA) is 144 Å². The fourth-order valence-electron chi connectivity index (χ4n) is 2.02. The van der Waals surface area contributed by atoms with Crippen LogP contribution in [0.25, 0.3) is 0 Å². The Labute approximate surface area is 148 Å². The summed E-state index contributed by atoms with van der Waals surface area (Å²) in [6.07, 6.45) is 0. The maximum atomic E-state index is 12.2. The number of rotatable bonds is 9. The number of benzene rings is 1. The monoisotopic (exact) mass is 369 g/mol. The Hall–Kier alpha value is -2.62. The van der Waals surface area contributed by atoms with Gasteiger partial charge in [-0.15, -0.1) is 11.8 Å². The zero-order chi connectivity index (χ0) is 19.1. The molecule has 25 heavy (non-hydrogen) atoms. The number of nitrogens with zero attached hydrogens (tertiary/aromatic N) is 2. The van der Waals surface area contributed by atoms with Crippen LogP contribution in [0, 0.1) is 16.0 Å². The van der Waals surface area contributed by atoms with E-state index in [2.05, 4.69) is 0 Å². The number of amides is 2. The molecule has 0 radical (unpaired) electrons. The molecule has 0 bridgehead atoms. The van der Waals surface area contributed by atoms with Crippen molar-refractivity contribution in [3.63, 3.8) is 0 Å². The molecule has 0 aliphatic carbocycles. The molecule has 136 valence electrons. The molecule has 1 rings (SSSR count). The Bertz CT molecular complexity index is 692. The van der Waals surface area contributed by atoms with Gasteiger partial charge in [0.05, 0.1) is 15.6 Å². The summed E-state index contributed by atoms with van der Waals surface area (Å²) < 4.78 is 0. The van der Waals surface area contributed by atoms with Crippen LogP contribution in [0.15, 0.2) is 23.1 Å². The highest BCUT2D eigenvalue weighted by Crippen LogP contribution is 2.30. The Balaban J connectivity index is 2.91. The van der Waals surface area contributed by atoms with Crippen molar-refractivity contribution in [2.45, 2.75) is 18.7 Å². The number of thioether (sulfide) groups is 1. The first-order chi connectivity index (χ1) is 11.6. The molecule has 0 fully saturated rings. The molecule has 1 aromatic rings. The molecular weight excluding hydrogens is 350 g/mol. The number of carboxylic acid groups (broad SMARTS) is 1. The van der Waals surface area contributed by atoms with Gasteiger partial charge in [-0.3, -0.25) is 24.5 Å². The summed E-state index contributed by atoms with van der Waals surface area (Å²) in [7, 11) is 0. The highest BCUT2D eigenvalue weighted by molar-refractivity contribution is 8.00. The predicted molar refractivity (Wildman–Crippen MR) is 91.4 cm³/mol. The normalized spacial score (nSPS) is 10.5. The maximum Gasteiger partial charge on any atom is 0.323 e. The van der Waals surface area contributed by atoms with E-state index in [4.69, 9.17) is 10.8 Å². The second-order valence-corrected chi connectivity index (χ2v) is 6.67. The van der Waals surface area contributed by atoms with E-state index in [1.807, 2.05) is 13.8 Å². The number of carbonyl (C=O) groups excluding carboxylic acids is 2. The molecule has 0 saturated heterocycles. The minimum Gasteiger partial charge on any atom is -0.480 e. The first kappa shape index (κ1) is 20.4. The SMILES string of the molecule is CC(C)CN(CC(=O)O)C(=O)CSc1ccc(C(N)=O)cc1[N+](=O)[O-]. The Morgan fingerprint density at radius 3 is 2.48 bits per heavy atom. The lowest BCUT2D eigenvalue weighted by Gasteiger charge is -2.22. The summed E-state index contributed by atoms with van der Waals surface area (Å²) >= 11 is 0.908. The van der Waals surface area contributed by atoms with Crippen LogP contribution < -0.4 is 5.73 Å². The number of nitro benzene ring substituents is 1. The van der Waals surface area contributed by atoms with Crippen molar-refractivity contribution in [3.05, 3.63) is 33.9 Å². The van der Waals surface area contributed by atoms with Crippen molar-refractivity contribution in [2.75, 3.05) is 18.8 Å². The summed E-state index contributed by atoms with van der Waals surface area (Å²) in [5.74, 6) is -2.43. The lowest BCUT2D eigenvalue weighted by atomic mass is 10.2. The minimum absolute atomic E-state index is 0.00492. The fraction of sp³-hybridized carbons (Fsp3) is 0.400. The molecule has 0 heterocycles.